The summed E-state index contributed by atoms with van der Waals surface area (Å²) in [6.07, 6.45) is 15.7. The van der Waals surface area contributed by atoms with Gasteiger partial charge in [0.05, 0.1) is 0 Å². The number of rotatable bonds is 17. The van der Waals surface area contributed by atoms with Crippen molar-refractivity contribution >= 4 is 11.4 Å². The standard InChI is InChI=1S/C29H38N2.2C4H9.Ni/c1-5-8-13-23-15-11-17-25(20-23)28-22(4)27(19-10-7-3)29(31(28)30)26-18-12-16-24(21-26)14-9-6-2;2*1-3-4-2;/h11-12,15-18,20-21H,5-10,13-14,19H2,1-4H3;2*1,3-4H2,2H3;. The molecule has 0 amide bonds. The summed E-state index contributed by atoms with van der Waals surface area (Å²) >= 11 is 1.94. The maximum absolute atomic E-state index is 11.4. The van der Waals surface area contributed by atoms with Crippen LogP contribution in [0, 0.1) is 0 Å². The van der Waals surface area contributed by atoms with Crippen molar-refractivity contribution in [3.63, 3.8) is 0 Å². The molecule has 0 radical (unpaired) electrons. The van der Waals surface area contributed by atoms with Crippen molar-refractivity contribution in [1.82, 2.24) is 0 Å². The first kappa shape index (κ1) is 34.2. The van der Waals surface area contributed by atoms with Gasteiger partial charge in [-0.15, -0.1) is 0 Å². The molecule has 0 fully saturated rings. The van der Waals surface area contributed by atoms with Gasteiger partial charge in [0.1, 0.15) is 0 Å². The molecule has 0 unspecified atom stereocenters. The fourth-order valence-electron chi connectivity index (χ4n) is 4.98. The molecule has 0 atom stereocenters. The van der Waals surface area contributed by atoms with E-state index < -0.39 is 0 Å². The summed E-state index contributed by atoms with van der Waals surface area (Å²) in [6, 6.07) is 17.5. The first-order chi connectivity index (χ1) is 19.5. The fraction of sp³-hybridized carbons (Fsp3) is 0.568. The summed E-state index contributed by atoms with van der Waals surface area (Å²) in [5.41, 5.74) is 20.8. The molecule has 3 rings (SSSR count). The van der Waals surface area contributed by atoms with Gasteiger partial charge in [0.2, 0.25) is 11.4 Å². The van der Waals surface area contributed by atoms with Gasteiger partial charge in [-0.2, -0.15) is 0 Å². The van der Waals surface area contributed by atoms with Crippen molar-refractivity contribution in [1.29, 1.82) is 0 Å². The Bertz CT molecular complexity index is 1090. The van der Waals surface area contributed by atoms with E-state index in [1.807, 2.05) is 14.4 Å². The summed E-state index contributed by atoms with van der Waals surface area (Å²) in [5.74, 6) is 0. The maximum atomic E-state index is 11.4. The molecule has 1 aliphatic heterocycles. The van der Waals surface area contributed by atoms with Gasteiger partial charge in [0.25, 0.3) is 0 Å². The third-order valence-corrected chi connectivity index (χ3v) is 8.89. The SMILES string of the molecule is CCCCC1=C(c2cccc(CCCC)c2)[N+](=[N-])C(c2cccc(CCCC)c2)=C1C.CCC[CH2][Ni][CH2]CCC. The van der Waals surface area contributed by atoms with Crippen LogP contribution in [-0.2, 0) is 27.3 Å². The van der Waals surface area contributed by atoms with Gasteiger partial charge in [0, 0.05) is 22.3 Å². The van der Waals surface area contributed by atoms with E-state index >= 15 is 0 Å². The molecular weight excluding hydrogens is 531 g/mol. The molecule has 3 heteroatoms. The summed E-state index contributed by atoms with van der Waals surface area (Å²) in [6.45, 7) is 13.4. The molecule has 0 bridgehead atoms. The Labute approximate surface area is 253 Å². The van der Waals surface area contributed by atoms with Crippen LogP contribution in [0.5, 0.6) is 0 Å². The number of unbranched alkanes of at least 4 members (excludes halogenated alkanes) is 5. The monoisotopic (exact) mass is 586 g/mol. The van der Waals surface area contributed by atoms with E-state index in [2.05, 4.69) is 90.1 Å². The molecule has 2 aromatic carbocycles. The number of allylic oxidation sites excluding steroid dienone is 2. The first-order valence-electron chi connectivity index (χ1n) is 16.1. The minimum atomic E-state index is 0.943. The number of benzene rings is 2. The van der Waals surface area contributed by atoms with Crippen LogP contribution in [0.15, 0.2) is 59.7 Å². The van der Waals surface area contributed by atoms with Crippen molar-refractivity contribution in [3.8, 4) is 0 Å². The van der Waals surface area contributed by atoms with Crippen molar-refractivity contribution in [2.75, 3.05) is 0 Å². The predicted molar refractivity (Wildman–Crippen MR) is 172 cm³/mol. The van der Waals surface area contributed by atoms with E-state index in [1.165, 1.54) is 89.1 Å². The Hall–Kier alpha value is -1.99. The van der Waals surface area contributed by atoms with Gasteiger partial charge < -0.3 is 5.53 Å². The van der Waals surface area contributed by atoms with Gasteiger partial charge in [0.15, 0.2) is 0 Å². The molecule has 2 aromatic rings. The zero-order valence-electron chi connectivity index (χ0n) is 26.4. The van der Waals surface area contributed by atoms with Gasteiger partial charge >= 0.3 is 64.8 Å². The number of hydrogen-bond donors (Lipinski definition) is 0. The average molecular weight is 588 g/mol. The van der Waals surface area contributed by atoms with Crippen LogP contribution in [0.4, 0.5) is 0 Å². The molecule has 0 aromatic heterocycles. The first-order valence-corrected chi connectivity index (χ1v) is 17.5. The third kappa shape index (κ3) is 10.8. The second kappa shape index (κ2) is 20.0. The van der Waals surface area contributed by atoms with E-state index in [1.54, 1.807) is 0 Å². The van der Waals surface area contributed by atoms with Crippen molar-refractivity contribution in [2.45, 2.75) is 136 Å². The number of hydrogen-bond acceptors (Lipinski definition) is 0. The van der Waals surface area contributed by atoms with Gasteiger partial charge in [-0.3, -0.25) is 0 Å². The summed E-state index contributed by atoms with van der Waals surface area (Å²) in [4.78, 5) is 0. The van der Waals surface area contributed by atoms with E-state index in [0.717, 1.165) is 54.6 Å². The predicted octanol–water partition coefficient (Wildman–Crippen LogP) is 12.3. The van der Waals surface area contributed by atoms with Crippen molar-refractivity contribution in [2.24, 2.45) is 0 Å². The second-order valence-corrected chi connectivity index (χ2v) is 12.5. The second-order valence-electron chi connectivity index (χ2n) is 11.0. The Morgan fingerprint density at radius 3 is 1.52 bits per heavy atom. The van der Waals surface area contributed by atoms with E-state index in [0.29, 0.717) is 0 Å². The zero-order chi connectivity index (χ0) is 29.2. The molecule has 0 saturated carbocycles. The Morgan fingerprint density at radius 2 is 1.05 bits per heavy atom. The van der Waals surface area contributed by atoms with Gasteiger partial charge in [-0.25, -0.2) is 4.70 Å². The fourth-order valence-corrected chi connectivity index (χ4v) is 6.42. The van der Waals surface area contributed by atoms with E-state index in [-0.39, 0.29) is 0 Å². The van der Waals surface area contributed by atoms with Crippen LogP contribution in [0.1, 0.15) is 134 Å². The Morgan fingerprint density at radius 1 is 0.600 bits per heavy atom. The average Bonchev–Trinajstić information content (AvgIpc) is 3.23. The van der Waals surface area contributed by atoms with E-state index in [4.69, 9.17) is 0 Å². The Balaban J connectivity index is 0.000000536. The summed E-state index contributed by atoms with van der Waals surface area (Å²) in [5, 5.41) is 2.78. The molecular formula is C37H56N2Ni. The van der Waals surface area contributed by atoms with Crippen LogP contribution < -0.4 is 0 Å². The van der Waals surface area contributed by atoms with Gasteiger partial charge in [-0.1, -0.05) is 64.3 Å². The topological polar surface area (TPSA) is 25.3 Å². The summed E-state index contributed by atoms with van der Waals surface area (Å²) in [7, 11) is 0. The van der Waals surface area contributed by atoms with Gasteiger partial charge in [-0.05, 0) is 80.8 Å². The molecule has 0 aliphatic carbocycles. The normalized spacial score (nSPS) is 13.3. The molecule has 0 saturated heterocycles. The molecule has 0 N–H and O–H groups in total. The van der Waals surface area contributed by atoms with E-state index in [9.17, 15) is 5.53 Å². The van der Waals surface area contributed by atoms with Crippen LogP contribution in [0.25, 0.3) is 16.9 Å². The number of nitrogens with zero attached hydrogens (tertiary/aromatic N) is 2. The number of aryl methyl sites for hydroxylation is 2. The summed E-state index contributed by atoms with van der Waals surface area (Å²) < 4.78 is 1.47. The molecule has 1 heterocycles. The molecule has 0 spiro atoms. The zero-order valence-corrected chi connectivity index (χ0v) is 27.4. The van der Waals surface area contributed by atoms with Crippen LogP contribution in [-0.4, -0.2) is 4.70 Å². The van der Waals surface area contributed by atoms with Crippen molar-refractivity contribution < 1.29 is 19.1 Å². The molecule has 224 valence electrons. The Kier molecular flexibility index (Phi) is 17.1. The quantitative estimate of drug-likeness (QED) is 0.1000. The molecule has 40 heavy (non-hydrogen) atoms. The molecule has 1 aliphatic rings. The van der Waals surface area contributed by atoms with Crippen LogP contribution in [0.2, 0.25) is 10.8 Å². The van der Waals surface area contributed by atoms with Crippen molar-refractivity contribution in [3.05, 3.63) is 87.5 Å². The molecule has 2 nitrogen and oxygen atoms in total. The van der Waals surface area contributed by atoms with Crippen LogP contribution in [0.3, 0.4) is 0 Å². The third-order valence-electron chi connectivity index (χ3n) is 7.49. The minimum absolute atomic E-state index is 0.943. The van der Waals surface area contributed by atoms with Crippen LogP contribution >= 0.6 is 0 Å².